The molecule has 2 nitrogen and oxygen atoms in total. The minimum atomic E-state index is 0.588. The van der Waals surface area contributed by atoms with Crippen molar-refractivity contribution in [2.75, 3.05) is 11.4 Å². The van der Waals surface area contributed by atoms with Crippen LogP contribution in [0.15, 0.2) is 22.7 Å². The predicted molar refractivity (Wildman–Crippen MR) is 74.1 cm³/mol. The second-order valence-electron chi connectivity index (χ2n) is 4.50. The Bertz CT molecular complexity index is 436. The van der Waals surface area contributed by atoms with Gasteiger partial charge in [0.2, 0.25) is 0 Å². The van der Waals surface area contributed by atoms with E-state index in [-0.39, 0.29) is 0 Å². The molecule has 1 aliphatic heterocycles. The molecular weight excluding hydrogens is 276 g/mol. The fourth-order valence-corrected chi connectivity index (χ4v) is 3.05. The molecule has 0 radical (unpaired) electrons. The van der Waals surface area contributed by atoms with Gasteiger partial charge in [-0.05, 0) is 53.7 Å². The first kappa shape index (κ1) is 12.4. The highest BCUT2D eigenvalue weighted by Crippen LogP contribution is 2.32. The van der Waals surface area contributed by atoms with E-state index in [0.29, 0.717) is 6.04 Å². The molecule has 2 rings (SSSR count). The summed E-state index contributed by atoms with van der Waals surface area (Å²) in [5.41, 5.74) is 1.86. The Morgan fingerprint density at radius 1 is 1.47 bits per heavy atom. The van der Waals surface area contributed by atoms with Crippen molar-refractivity contribution < 1.29 is 0 Å². The van der Waals surface area contributed by atoms with Gasteiger partial charge in [0.15, 0.2) is 0 Å². The first-order chi connectivity index (χ1) is 8.27. The summed E-state index contributed by atoms with van der Waals surface area (Å²) in [7, 11) is 0. The summed E-state index contributed by atoms with van der Waals surface area (Å²) in [5.74, 6) is 0. The maximum Gasteiger partial charge on any atom is 0.103 e. The van der Waals surface area contributed by atoms with Crippen molar-refractivity contribution in [1.29, 1.82) is 5.26 Å². The molecule has 1 atom stereocenters. The zero-order valence-corrected chi connectivity index (χ0v) is 11.7. The van der Waals surface area contributed by atoms with Gasteiger partial charge < -0.3 is 4.90 Å². The fourth-order valence-electron chi connectivity index (χ4n) is 2.60. The highest BCUT2D eigenvalue weighted by molar-refractivity contribution is 9.10. The molecule has 17 heavy (non-hydrogen) atoms. The van der Waals surface area contributed by atoms with E-state index in [1.807, 2.05) is 12.1 Å². The van der Waals surface area contributed by atoms with Crippen molar-refractivity contribution in [1.82, 2.24) is 0 Å². The molecule has 1 saturated heterocycles. The lowest BCUT2D eigenvalue weighted by molar-refractivity contribution is 0.450. The van der Waals surface area contributed by atoms with Gasteiger partial charge in [0.1, 0.15) is 6.07 Å². The maximum absolute atomic E-state index is 9.28. The van der Waals surface area contributed by atoms with Gasteiger partial charge in [-0.15, -0.1) is 0 Å². The standard InChI is InChI=1S/C14H17BrN2/c1-2-11-6-3-4-9-17(11)14-8-5-7-13(15)12(14)10-16/h5,7-8,11H,2-4,6,9H2,1H3. The molecule has 1 aromatic carbocycles. The third-order valence-corrected chi connectivity index (χ3v) is 4.17. The summed E-state index contributed by atoms with van der Waals surface area (Å²) in [6.07, 6.45) is 4.93. The molecule has 0 N–H and O–H groups in total. The zero-order chi connectivity index (χ0) is 12.3. The second kappa shape index (κ2) is 5.55. The number of nitrogens with zero attached hydrogens (tertiary/aromatic N) is 2. The summed E-state index contributed by atoms with van der Waals surface area (Å²) in [6, 6.07) is 8.93. The van der Waals surface area contributed by atoms with E-state index in [0.717, 1.165) is 28.7 Å². The number of hydrogen-bond acceptors (Lipinski definition) is 2. The molecule has 1 aromatic rings. The second-order valence-corrected chi connectivity index (χ2v) is 5.35. The molecule has 0 bridgehead atoms. The minimum absolute atomic E-state index is 0.588. The molecule has 0 aromatic heterocycles. The molecule has 0 saturated carbocycles. The van der Waals surface area contributed by atoms with Crippen LogP contribution in [0.25, 0.3) is 0 Å². The first-order valence-corrected chi connectivity index (χ1v) is 7.02. The average molecular weight is 293 g/mol. The van der Waals surface area contributed by atoms with E-state index in [1.54, 1.807) is 0 Å². The summed E-state index contributed by atoms with van der Waals surface area (Å²) in [6.45, 7) is 3.30. The van der Waals surface area contributed by atoms with E-state index in [1.165, 1.54) is 19.3 Å². The Morgan fingerprint density at radius 3 is 3.00 bits per heavy atom. The smallest absolute Gasteiger partial charge is 0.103 e. The van der Waals surface area contributed by atoms with Crippen LogP contribution >= 0.6 is 15.9 Å². The van der Waals surface area contributed by atoms with Gasteiger partial charge >= 0.3 is 0 Å². The molecule has 1 aliphatic rings. The number of anilines is 1. The van der Waals surface area contributed by atoms with Crippen molar-refractivity contribution in [3.63, 3.8) is 0 Å². The number of benzene rings is 1. The van der Waals surface area contributed by atoms with Crippen LogP contribution in [0.4, 0.5) is 5.69 Å². The van der Waals surface area contributed by atoms with Crippen LogP contribution in [0.2, 0.25) is 0 Å². The topological polar surface area (TPSA) is 27.0 Å². The fraction of sp³-hybridized carbons (Fsp3) is 0.500. The van der Waals surface area contributed by atoms with E-state index in [2.05, 4.69) is 39.9 Å². The average Bonchev–Trinajstić information content (AvgIpc) is 2.38. The molecule has 90 valence electrons. The SMILES string of the molecule is CCC1CCCCN1c1cccc(Br)c1C#N. The summed E-state index contributed by atoms with van der Waals surface area (Å²) in [4.78, 5) is 2.41. The van der Waals surface area contributed by atoms with Crippen LogP contribution in [-0.2, 0) is 0 Å². The Kier molecular flexibility index (Phi) is 4.06. The number of hydrogen-bond donors (Lipinski definition) is 0. The van der Waals surface area contributed by atoms with Gasteiger partial charge in [-0.1, -0.05) is 13.0 Å². The summed E-state index contributed by atoms with van der Waals surface area (Å²) in [5, 5.41) is 9.28. The maximum atomic E-state index is 9.28. The lowest BCUT2D eigenvalue weighted by Gasteiger charge is -2.37. The van der Waals surface area contributed by atoms with E-state index < -0.39 is 0 Å². The molecule has 0 amide bonds. The Balaban J connectivity index is 2.38. The monoisotopic (exact) mass is 292 g/mol. The van der Waals surface area contributed by atoms with Gasteiger partial charge in [-0.2, -0.15) is 5.26 Å². The van der Waals surface area contributed by atoms with Crippen molar-refractivity contribution in [2.24, 2.45) is 0 Å². The molecule has 3 heteroatoms. The van der Waals surface area contributed by atoms with Gasteiger partial charge in [0.25, 0.3) is 0 Å². The molecule has 0 aliphatic carbocycles. The Hall–Kier alpha value is -1.01. The van der Waals surface area contributed by atoms with Crippen molar-refractivity contribution in [3.05, 3.63) is 28.2 Å². The number of nitriles is 1. The van der Waals surface area contributed by atoms with E-state index in [4.69, 9.17) is 0 Å². The number of piperidine rings is 1. The van der Waals surface area contributed by atoms with E-state index in [9.17, 15) is 5.26 Å². The summed E-state index contributed by atoms with van der Waals surface area (Å²) < 4.78 is 0.901. The third kappa shape index (κ3) is 2.47. The molecule has 0 spiro atoms. The quantitative estimate of drug-likeness (QED) is 0.821. The molecular formula is C14H17BrN2. The minimum Gasteiger partial charge on any atom is -0.367 e. The Morgan fingerprint density at radius 2 is 2.29 bits per heavy atom. The first-order valence-electron chi connectivity index (χ1n) is 6.23. The van der Waals surface area contributed by atoms with Crippen LogP contribution in [-0.4, -0.2) is 12.6 Å². The molecule has 1 heterocycles. The van der Waals surface area contributed by atoms with Gasteiger partial charge in [-0.3, -0.25) is 0 Å². The number of rotatable bonds is 2. The van der Waals surface area contributed by atoms with Crippen LogP contribution < -0.4 is 4.90 Å². The highest BCUT2D eigenvalue weighted by atomic mass is 79.9. The van der Waals surface area contributed by atoms with Crippen molar-refractivity contribution >= 4 is 21.6 Å². The van der Waals surface area contributed by atoms with Crippen LogP contribution in [0.1, 0.15) is 38.2 Å². The third-order valence-electron chi connectivity index (χ3n) is 3.51. The van der Waals surface area contributed by atoms with Gasteiger partial charge in [0.05, 0.1) is 11.3 Å². The van der Waals surface area contributed by atoms with Crippen molar-refractivity contribution in [3.8, 4) is 6.07 Å². The largest absolute Gasteiger partial charge is 0.367 e. The highest BCUT2D eigenvalue weighted by Gasteiger charge is 2.23. The van der Waals surface area contributed by atoms with Crippen LogP contribution in [0.5, 0.6) is 0 Å². The molecule has 1 fully saturated rings. The predicted octanol–water partition coefficient (Wildman–Crippen LogP) is 4.09. The normalized spacial score (nSPS) is 20.1. The van der Waals surface area contributed by atoms with Gasteiger partial charge in [0, 0.05) is 17.1 Å². The lowest BCUT2D eigenvalue weighted by Crippen LogP contribution is -2.39. The van der Waals surface area contributed by atoms with Crippen LogP contribution in [0.3, 0.4) is 0 Å². The summed E-state index contributed by atoms with van der Waals surface area (Å²) >= 11 is 3.47. The Labute approximate surface area is 111 Å². The molecule has 1 unspecified atom stereocenters. The van der Waals surface area contributed by atoms with Crippen molar-refractivity contribution in [2.45, 2.75) is 38.6 Å². The lowest BCUT2D eigenvalue weighted by atomic mass is 9.98. The number of halogens is 1. The van der Waals surface area contributed by atoms with Gasteiger partial charge in [-0.25, -0.2) is 0 Å². The zero-order valence-electron chi connectivity index (χ0n) is 10.1. The van der Waals surface area contributed by atoms with Crippen LogP contribution in [0, 0.1) is 11.3 Å². The van der Waals surface area contributed by atoms with E-state index >= 15 is 0 Å².